The fourth-order valence-corrected chi connectivity index (χ4v) is 6.21. The maximum absolute atomic E-state index is 14.4. The topological polar surface area (TPSA) is 203 Å². The van der Waals surface area contributed by atoms with E-state index < -0.39 is 87.1 Å². The van der Waals surface area contributed by atoms with Crippen LogP contribution in [0.2, 0.25) is 5.02 Å². The Bertz CT molecular complexity index is 2110. The zero-order valence-electron chi connectivity index (χ0n) is 27.3. The second-order valence-corrected chi connectivity index (χ2v) is 12.8. The molecule has 0 spiro atoms. The normalized spacial score (nSPS) is 14.5. The lowest BCUT2D eigenvalue weighted by atomic mass is 9.93. The quantitative estimate of drug-likeness (QED) is 0.125. The van der Waals surface area contributed by atoms with Crippen LogP contribution in [0.5, 0.6) is 17.5 Å². The standard InChI is InChI=1S/C18H15ClFNO3.C14H10F4N4O7S/c1-3-10(2)24-16-9-15(14(20)8-13(16)19)21-17(22)11-6-4-5-7-12(11)18(21)23;15-11(16)28-8-5-9(29-12(17)18)20-13(19-8)21-14(25)22-30(26,27)7-4-2-1-3-6(7)10(23)24/h1,8-10H,4-7H2,2H3;1-5,11-12H,(H,23,24)(H2,19,20,21,22,25). The monoisotopic (exact) mass is 801 g/mol. The first-order valence-corrected chi connectivity index (χ1v) is 16.9. The van der Waals surface area contributed by atoms with Gasteiger partial charge in [-0.05, 0) is 50.8 Å². The number of nitrogens with zero attached hydrogens (tertiary/aromatic N) is 3. The van der Waals surface area contributed by atoms with Gasteiger partial charge >= 0.3 is 25.2 Å². The van der Waals surface area contributed by atoms with Gasteiger partial charge in [-0.15, -0.1) is 6.42 Å². The number of aromatic carboxylic acids is 1. The van der Waals surface area contributed by atoms with Gasteiger partial charge in [0.2, 0.25) is 17.7 Å². The first-order chi connectivity index (χ1) is 25.4. The number of imide groups is 1. The second-order valence-electron chi connectivity index (χ2n) is 10.8. The van der Waals surface area contributed by atoms with Gasteiger partial charge in [-0.2, -0.15) is 27.5 Å². The van der Waals surface area contributed by atoms with Crippen LogP contribution in [-0.4, -0.2) is 66.6 Å². The number of amides is 4. The first-order valence-electron chi connectivity index (χ1n) is 15.1. The number of sulfonamides is 1. The van der Waals surface area contributed by atoms with Crippen LogP contribution < -0.4 is 29.1 Å². The van der Waals surface area contributed by atoms with Gasteiger partial charge in [0.15, 0.2) is 6.10 Å². The summed E-state index contributed by atoms with van der Waals surface area (Å²) in [6.45, 7) is -5.19. The van der Waals surface area contributed by atoms with Crippen LogP contribution >= 0.6 is 11.6 Å². The van der Waals surface area contributed by atoms with E-state index in [2.05, 4.69) is 25.4 Å². The van der Waals surface area contributed by atoms with Crippen LogP contribution in [0.15, 0.2) is 58.5 Å². The molecule has 286 valence electrons. The number of rotatable bonds is 11. The zero-order chi connectivity index (χ0) is 39.9. The van der Waals surface area contributed by atoms with Gasteiger partial charge in [-0.3, -0.25) is 14.9 Å². The number of hydrogen-bond donors (Lipinski definition) is 3. The third kappa shape index (κ3) is 9.90. The van der Waals surface area contributed by atoms with Crippen molar-refractivity contribution in [2.45, 2.75) is 56.8 Å². The molecule has 1 unspecified atom stereocenters. The molecular formula is C32H25ClF5N5O10S. The molecule has 22 heteroatoms. The van der Waals surface area contributed by atoms with Crippen LogP contribution in [0.25, 0.3) is 0 Å². The van der Waals surface area contributed by atoms with Crippen molar-refractivity contribution in [3.8, 4) is 29.9 Å². The lowest BCUT2D eigenvalue weighted by Gasteiger charge is -2.19. The molecule has 0 saturated heterocycles. The van der Waals surface area contributed by atoms with E-state index in [0.29, 0.717) is 30.1 Å². The highest BCUT2D eigenvalue weighted by atomic mass is 35.5. The molecule has 0 fully saturated rings. The molecule has 2 aliphatic rings. The Balaban J connectivity index is 0.000000246. The van der Waals surface area contributed by atoms with Crippen LogP contribution in [0.1, 0.15) is 43.0 Å². The number of carboxylic acid groups (broad SMARTS) is 1. The summed E-state index contributed by atoms with van der Waals surface area (Å²) >= 11 is 5.97. The van der Waals surface area contributed by atoms with Crippen molar-refractivity contribution in [1.82, 2.24) is 14.7 Å². The molecule has 2 heterocycles. The fourth-order valence-electron chi connectivity index (χ4n) is 4.91. The molecule has 1 aliphatic carbocycles. The Morgan fingerprint density at radius 1 is 0.963 bits per heavy atom. The highest BCUT2D eigenvalue weighted by molar-refractivity contribution is 7.90. The number of ether oxygens (including phenoxy) is 3. The molecule has 5 rings (SSSR count). The number of hydrogen-bond acceptors (Lipinski definition) is 11. The van der Waals surface area contributed by atoms with Crippen LogP contribution in [0, 0.1) is 18.2 Å². The molecule has 15 nitrogen and oxygen atoms in total. The SMILES string of the molecule is C#CC(C)Oc1cc(N2C(=O)C3=C(CCCC3)C2=O)c(F)cc1Cl.O=C(Nc1nc(OC(F)F)cc(OC(F)F)n1)NS(=O)(=O)c1ccccc1C(=O)O. The van der Waals surface area contributed by atoms with E-state index in [1.54, 1.807) is 12.2 Å². The minimum atomic E-state index is -4.71. The average molecular weight is 802 g/mol. The summed E-state index contributed by atoms with van der Waals surface area (Å²) in [5.74, 6) is -3.65. The summed E-state index contributed by atoms with van der Waals surface area (Å²) in [6.07, 6.45) is 7.47. The number of urea groups is 1. The van der Waals surface area contributed by atoms with Gasteiger partial charge in [0, 0.05) is 17.2 Å². The minimum Gasteiger partial charge on any atom is -0.478 e. The highest BCUT2D eigenvalue weighted by Gasteiger charge is 2.41. The maximum atomic E-state index is 14.4. The zero-order valence-corrected chi connectivity index (χ0v) is 28.9. The number of halogens is 6. The van der Waals surface area contributed by atoms with Crippen molar-refractivity contribution < 1.29 is 68.9 Å². The second kappa shape index (κ2) is 17.2. The lowest BCUT2D eigenvalue weighted by Crippen LogP contribution is -2.35. The minimum absolute atomic E-state index is 0.0233. The van der Waals surface area contributed by atoms with Gasteiger partial charge in [-0.25, -0.2) is 32.0 Å². The third-order valence-corrected chi connectivity index (χ3v) is 8.81. The number of alkyl halides is 4. The van der Waals surface area contributed by atoms with E-state index in [4.69, 9.17) is 27.9 Å². The number of nitrogens with one attached hydrogen (secondary N) is 2. The van der Waals surface area contributed by atoms with Crippen LogP contribution in [0.3, 0.4) is 0 Å². The summed E-state index contributed by atoms with van der Waals surface area (Å²) in [5.41, 5.74) is 0.164. The van der Waals surface area contributed by atoms with E-state index in [9.17, 15) is 49.5 Å². The molecule has 1 atom stereocenters. The predicted octanol–water partition coefficient (Wildman–Crippen LogP) is 5.51. The molecular weight excluding hydrogens is 777 g/mol. The summed E-state index contributed by atoms with van der Waals surface area (Å²) in [4.78, 5) is 54.8. The predicted molar refractivity (Wildman–Crippen MR) is 176 cm³/mol. The van der Waals surface area contributed by atoms with E-state index in [0.717, 1.165) is 35.9 Å². The largest absolute Gasteiger partial charge is 0.478 e. The van der Waals surface area contributed by atoms with Crippen molar-refractivity contribution in [2.75, 3.05) is 10.2 Å². The van der Waals surface area contributed by atoms with Crippen LogP contribution in [0.4, 0.5) is 38.4 Å². The summed E-state index contributed by atoms with van der Waals surface area (Å²) in [7, 11) is -4.71. The molecule has 3 N–H and O–H groups in total. The van der Waals surface area contributed by atoms with E-state index in [-0.39, 0.29) is 16.5 Å². The first kappa shape index (κ1) is 40.8. The smallest absolute Gasteiger partial charge is 0.388 e. The number of anilines is 2. The van der Waals surface area contributed by atoms with Crippen molar-refractivity contribution in [1.29, 1.82) is 0 Å². The fraction of sp³-hybridized carbons (Fsp3) is 0.250. The highest BCUT2D eigenvalue weighted by Crippen LogP contribution is 2.39. The van der Waals surface area contributed by atoms with E-state index in [1.807, 2.05) is 0 Å². The van der Waals surface area contributed by atoms with Gasteiger partial charge < -0.3 is 19.3 Å². The third-order valence-electron chi connectivity index (χ3n) is 7.13. The molecule has 54 heavy (non-hydrogen) atoms. The Morgan fingerprint density at radius 3 is 2.04 bits per heavy atom. The summed E-state index contributed by atoms with van der Waals surface area (Å²) < 4.78 is 103. The number of carboxylic acids is 1. The van der Waals surface area contributed by atoms with Crippen molar-refractivity contribution in [2.24, 2.45) is 0 Å². The van der Waals surface area contributed by atoms with Gasteiger partial charge in [0.25, 0.3) is 21.8 Å². The molecule has 0 radical (unpaired) electrons. The van der Waals surface area contributed by atoms with Gasteiger partial charge in [0.05, 0.1) is 22.3 Å². The Kier molecular flexibility index (Phi) is 13.0. The molecule has 4 amide bonds. The average Bonchev–Trinajstić information content (AvgIpc) is 3.34. The molecule has 1 aromatic heterocycles. The molecule has 0 saturated carbocycles. The number of carbonyl (C=O) groups is 4. The van der Waals surface area contributed by atoms with Gasteiger partial charge in [-0.1, -0.05) is 29.7 Å². The molecule has 0 bridgehead atoms. The molecule has 3 aromatic rings. The van der Waals surface area contributed by atoms with Crippen molar-refractivity contribution in [3.05, 3.63) is 70.0 Å². The van der Waals surface area contributed by atoms with E-state index in [1.165, 1.54) is 22.9 Å². The van der Waals surface area contributed by atoms with E-state index >= 15 is 0 Å². The summed E-state index contributed by atoms with van der Waals surface area (Å²) in [5, 5.41) is 10.8. The Hall–Kier alpha value is -6.01. The number of terminal acetylenes is 1. The lowest BCUT2D eigenvalue weighted by molar-refractivity contribution is -0.120. The Labute approximate surface area is 307 Å². The Morgan fingerprint density at radius 2 is 1.52 bits per heavy atom. The van der Waals surface area contributed by atoms with Crippen molar-refractivity contribution >= 4 is 57.1 Å². The van der Waals surface area contributed by atoms with Gasteiger partial charge in [0.1, 0.15) is 16.5 Å². The van der Waals surface area contributed by atoms with Crippen molar-refractivity contribution in [3.63, 3.8) is 0 Å². The van der Waals surface area contributed by atoms with Crippen LogP contribution in [-0.2, 0) is 19.6 Å². The molecule has 2 aromatic carbocycles. The number of carbonyl (C=O) groups excluding carboxylic acids is 3. The summed E-state index contributed by atoms with van der Waals surface area (Å²) in [6, 6.07) is 5.50. The maximum Gasteiger partial charge on any atom is 0.388 e. The number of aromatic nitrogens is 2. The number of benzene rings is 2. The molecule has 1 aliphatic heterocycles.